The van der Waals surface area contributed by atoms with E-state index in [4.69, 9.17) is 0 Å². The van der Waals surface area contributed by atoms with E-state index in [0.717, 1.165) is 31.7 Å². The number of hydrogen-bond donors (Lipinski definition) is 0. The second kappa shape index (κ2) is 7.47. The van der Waals surface area contributed by atoms with Gasteiger partial charge in [-0.1, -0.05) is 6.92 Å². The Hall–Kier alpha value is -2.37. The second-order valence-corrected chi connectivity index (χ2v) is 6.27. The monoisotopic (exact) mass is 330 g/mol. The van der Waals surface area contributed by atoms with Gasteiger partial charge in [-0.05, 0) is 36.8 Å². The van der Waals surface area contributed by atoms with Gasteiger partial charge in [-0.3, -0.25) is 9.48 Å². The highest BCUT2D eigenvalue weighted by molar-refractivity contribution is 5.78. The fourth-order valence-electron chi connectivity index (χ4n) is 3.13. The molecule has 1 atom stereocenters. The number of anilines is 1. The van der Waals surface area contributed by atoms with Crippen LogP contribution >= 0.6 is 0 Å². The van der Waals surface area contributed by atoms with Crippen molar-refractivity contribution in [2.24, 2.45) is 5.92 Å². The zero-order valence-corrected chi connectivity index (χ0v) is 13.9. The van der Waals surface area contributed by atoms with E-state index in [9.17, 15) is 9.18 Å². The summed E-state index contributed by atoms with van der Waals surface area (Å²) in [5, 5.41) is 4.17. The van der Waals surface area contributed by atoms with Crippen LogP contribution in [0.25, 0.3) is 0 Å². The van der Waals surface area contributed by atoms with Gasteiger partial charge in [-0.25, -0.2) is 4.39 Å². The van der Waals surface area contributed by atoms with E-state index in [2.05, 4.69) is 10.00 Å². The number of carbonyl (C=O) groups excluding carboxylic acids is 1. The molecule has 6 heteroatoms. The van der Waals surface area contributed by atoms with Crippen molar-refractivity contribution in [1.29, 1.82) is 0 Å². The first kappa shape index (κ1) is 16.5. The molecule has 1 aromatic carbocycles. The maximum atomic E-state index is 13.1. The molecule has 2 heterocycles. The molecule has 0 radical (unpaired) electrons. The van der Waals surface area contributed by atoms with Gasteiger partial charge in [-0.2, -0.15) is 5.10 Å². The first-order chi connectivity index (χ1) is 11.6. The highest BCUT2D eigenvalue weighted by Crippen LogP contribution is 2.18. The number of amides is 1. The minimum atomic E-state index is -0.224. The summed E-state index contributed by atoms with van der Waals surface area (Å²) in [6.07, 6.45) is 4.52. The lowest BCUT2D eigenvalue weighted by molar-refractivity contribution is -0.135. The molecular weight excluding hydrogens is 307 g/mol. The first-order valence-corrected chi connectivity index (χ1v) is 8.40. The molecule has 128 valence electrons. The molecule has 0 unspecified atom stereocenters. The maximum absolute atomic E-state index is 13.1. The van der Waals surface area contributed by atoms with E-state index in [1.54, 1.807) is 23.0 Å². The van der Waals surface area contributed by atoms with Crippen molar-refractivity contribution < 1.29 is 9.18 Å². The molecule has 0 bridgehead atoms. The molecule has 3 rings (SSSR count). The first-order valence-electron chi connectivity index (χ1n) is 8.40. The highest BCUT2D eigenvalue weighted by Gasteiger charge is 2.23. The minimum absolute atomic E-state index is 0.0951. The summed E-state index contributed by atoms with van der Waals surface area (Å²) in [7, 11) is 0. The summed E-state index contributed by atoms with van der Waals surface area (Å²) in [6, 6.07) is 8.43. The molecule has 1 aliphatic heterocycles. The van der Waals surface area contributed by atoms with Gasteiger partial charge in [0.1, 0.15) is 5.82 Å². The summed E-state index contributed by atoms with van der Waals surface area (Å²) in [5.74, 6) is -0.147. The Labute approximate surface area is 141 Å². The molecule has 24 heavy (non-hydrogen) atoms. The molecule has 1 aliphatic rings. The van der Waals surface area contributed by atoms with Crippen molar-refractivity contribution in [3.8, 4) is 0 Å². The molecular formula is C18H23FN4O. The van der Waals surface area contributed by atoms with Gasteiger partial charge in [0.15, 0.2) is 0 Å². The van der Waals surface area contributed by atoms with Crippen LogP contribution in [-0.2, 0) is 11.3 Å². The molecule has 1 saturated heterocycles. The molecule has 0 aliphatic carbocycles. The molecule has 0 spiro atoms. The van der Waals surface area contributed by atoms with E-state index < -0.39 is 0 Å². The Morgan fingerprint density at radius 2 is 2.00 bits per heavy atom. The highest BCUT2D eigenvalue weighted by atomic mass is 19.1. The van der Waals surface area contributed by atoms with Gasteiger partial charge in [0, 0.05) is 44.3 Å². The van der Waals surface area contributed by atoms with Gasteiger partial charge in [0.05, 0.1) is 12.5 Å². The Morgan fingerprint density at radius 1 is 1.21 bits per heavy atom. The Bertz CT molecular complexity index is 656. The average Bonchev–Trinajstić information content (AvgIpc) is 2.97. The molecule has 1 amide bonds. The third-order valence-corrected chi connectivity index (χ3v) is 4.44. The zero-order valence-electron chi connectivity index (χ0n) is 13.9. The van der Waals surface area contributed by atoms with Crippen LogP contribution in [-0.4, -0.2) is 46.8 Å². The summed E-state index contributed by atoms with van der Waals surface area (Å²) in [4.78, 5) is 16.8. The topological polar surface area (TPSA) is 41.4 Å². The number of halogens is 1. The molecule has 0 N–H and O–H groups in total. The molecule has 5 nitrogen and oxygen atoms in total. The van der Waals surface area contributed by atoms with Crippen LogP contribution in [0.15, 0.2) is 42.7 Å². The van der Waals surface area contributed by atoms with Crippen LogP contribution in [0.2, 0.25) is 0 Å². The van der Waals surface area contributed by atoms with Crippen LogP contribution in [0, 0.1) is 11.7 Å². The summed E-state index contributed by atoms with van der Waals surface area (Å²) in [6.45, 7) is 5.66. The molecule has 2 aromatic rings. The fourth-order valence-corrected chi connectivity index (χ4v) is 3.13. The van der Waals surface area contributed by atoms with Crippen molar-refractivity contribution in [3.63, 3.8) is 0 Å². The lowest BCUT2D eigenvalue weighted by Gasteiger charge is -2.25. The summed E-state index contributed by atoms with van der Waals surface area (Å²) < 4.78 is 14.9. The van der Waals surface area contributed by atoms with Crippen LogP contribution in [0.3, 0.4) is 0 Å². The number of aromatic nitrogens is 2. The van der Waals surface area contributed by atoms with Crippen molar-refractivity contribution >= 4 is 11.6 Å². The van der Waals surface area contributed by atoms with Crippen molar-refractivity contribution in [2.45, 2.75) is 19.9 Å². The zero-order chi connectivity index (χ0) is 16.9. The van der Waals surface area contributed by atoms with Crippen LogP contribution < -0.4 is 4.90 Å². The number of rotatable bonds is 4. The molecule has 0 saturated carbocycles. The lowest BCUT2D eigenvalue weighted by Crippen LogP contribution is -2.39. The summed E-state index contributed by atoms with van der Waals surface area (Å²) in [5.41, 5.74) is 1.01. The fraction of sp³-hybridized carbons (Fsp3) is 0.444. The van der Waals surface area contributed by atoms with E-state index in [1.165, 1.54) is 12.1 Å². The Morgan fingerprint density at radius 3 is 2.71 bits per heavy atom. The number of hydrogen-bond acceptors (Lipinski definition) is 3. The average molecular weight is 330 g/mol. The Balaban J connectivity index is 1.58. The van der Waals surface area contributed by atoms with Gasteiger partial charge < -0.3 is 9.80 Å². The smallest absolute Gasteiger partial charge is 0.227 e. The van der Waals surface area contributed by atoms with Gasteiger partial charge in [0.25, 0.3) is 0 Å². The van der Waals surface area contributed by atoms with Crippen LogP contribution in [0.5, 0.6) is 0 Å². The SMILES string of the molecule is C[C@@H](Cn1cccn1)C(=O)N1CCCN(c2ccc(F)cc2)CC1. The number of carbonyl (C=O) groups is 1. The quantitative estimate of drug-likeness (QED) is 0.864. The van der Waals surface area contributed by atoms with E-state index in [0.29, 0.717) is 13.1 Å². The lowest BCUT2D eigenvalue weighted by atomic mass is 10.1. The van der Waals surface area contributed by atoms with Crippen molar-refractivity contribution in [1.82, 2.24) is 14.7 Å². The molecule has 1 fully saturated rings. The van der Waals surface area contributed by atoms with Crippen molar-refractivity contribution in [3.05, 3.63) is 48.5 Å². The summed E-state index contributed by atoms with van der Waals surface area (Å²) >= 11 is 0. The predicted octanol–water partition coefficient (Wildman–Crippen LogP) is 2.40. The number of benzene rings is 1. The van der Waals surface area contributed by atoms with Crippen LogP contribution in [0.4, 0.5) is 10.1 Å². The van der Waals surface area contributed by atoms with Crippen molar-refractivity contribution in [2.75, 3.05) is 31.1 Å². The van der Waals surface area contributed by atoms with E-state index in [-0.39, 0.29) is 17.6 Å². The normalized spacial score (nSPS) is 16.8. The van der Waals surface area contributed by atoms with E-state index >= 15 is 0 Å². The second-order valence-electron chi connectivity index (χ2n) is 6.27. The van der Waals surface area contributed by atoms with Gasteiger partial charge in [0.2, 0.25) is 5.91 Å². The number of nitrogens with zero attached hydrogens (tertiary/aromatic N) is 4. The van der Waals surface area contributed by atoms with Crippen LogP contribution in [0.1, 0.15) is 13.3 Å². The standard InChI is InChI=1S/C18H23FN4O/c1-15(14-23-11-2-8-20-23)18(24)22-10-3-9-21(12-13-22)17-6-4-16(19)5-7-17/h2,4-8,11,15H,3,9-10,12-14H2,1H3/t15-/m0/s1. The third-order valence-electron chi connectivity index (χ3n) is 4.44. The largest absolute Gasteiger partial charge is 0.370 e. The van der Waals surface area contributed by atoms with Gasteiger partial charge in [-0.15, -0.1) is 0 Å². The Kier molecular flexibility index (Phi) is 5.13. The van der Waals surface area contributed by atoms with Gasteiger partial charge >= 0.3 is 0 Å². The maximum Gasteiger partial charge on any atom is 0.227 e. The predicted molar refractivity (Wildman–Crippen MR) is 91.2 cm³/mol. The van der Waals surface area contributed by atoms with E-state index in [1.807, 2.05) is 24.1 Å². The molecule has 1 aromatic heterocycles. The minimum Gasteiger partial charge on any atom is -0.370 e. The third kappa shape index (κ3) is 3.93.